The van der Waals surface area contributed by atoms with Crippen molar-refractivity contribution < 1.29 is 0 Å². The van der Waals surface area contributed by atoms with Crippen molar-refractivity contribution in [2.75, 3.05) is 0 Å². The van der Waals surface area contributed by atoms with Crippen LogP contribution in [0.15, 0.2) is 42.6 Å². The molecule has 0 spiro atoms. The Balaban J connectivity index is 2.54. The van der Waals surface area contributed by atoms with Gasteiger partial charge in [-0.05, 0) is 18.2 Å². The lowest BCUT2D eigenvalue weighted by atomic mass is 10.1. The van der Waals surface area contributed by atoms with Gasteiger partial charge in [0, 0.05) is 11.8 Å². The van der Waals surface area contributed by atoms with E-state index in [0.717, 1.165) is 11.3 Å². The zero-order chi connectivity index (χ0) is 9.10. The Kier molecular flexibility index (Phi) is 2.23. The van der Waals surface area contributed by atoms with Gasteiger partial charge in [0.2, 0.25) is 0 Å². The molecule has 2 nitrogen and oxygen atoms in total. The summed E-state index contributed by atoms with van der Waals surface area (Å²) < 4.78 is 0. The highest BCUT2D eigenvalue weighted by Crippen LogP contribution is 2.24. The van der Waals surface area contributed by atoms with Crippen LogP contribution in [-0.4, -0.2) is 10.2 Å². The molecule has 0 aliphatic rings. The van der Waals surface area contributed by atoms with Crippen LogP contribution in [-0.2, 0) is 0 Å². The van der Waals surface area contributed by atoms with Crippen LogP contribution >= 0.6 is 11.6 Å². The highest BCUT2D eigenvalue weighted by atomic mass is 35.5. The molecule has 0 fully saturated rings. The molecule has 1 aromatic heterocycles. The third kappa shape index (κ3) is 1.68. The molecule has 0 N–H and O–H groups in total. The average molecular weight is 191 g/mol. The van der Waals surface area contributed by atoms with Crippen LogP contribution in [0.3, 0.4) is 0 Å². The Morgan fingerprint density at radius 2 is 1.85 bits per heavy atom. The summed E-state index contributed by atoms with van der Waals surface area (Å²) in [5, 5.41) is 8.47. The maximum absolute atomic E-state index is 5.99. The number of hydrogen-bond donors (Lipinski definition) is 0. The van der Waals surface area contributed by atoms with Crippen molar-refractivity contribution >= 4 is 11.6 Å². The fourth-order valence-electron chi connectivity index (χ4n) is 1.11. The fourth-order valence-corrected chi connectivity index (χ4v) is 1.35. The third-order valence-electron chi connectivity index (χ3n) is 1.72. The predicted molar refractivity (Wildman–Crippen MR) is 52.5 cm³/mol. The topological polar surface area (TPSA) is 25.8 Å². The number of benzene rings is 1. The first-order valence-electron chi connectivity index (χ1n) is 3.90. The summed E-state index contributed by atoms with van der Waals surface area (Å²) in [7, 11) is 0. The number of hydrogen-bond acceptors (Lipinski definition) is 2. The zero-order valence-electron chi connectivity index (χ0n) is 6.81. The van der Waals surface area contributed by atoms with E-state index in [1.54, 1.807) is 6.20 Å². The van der Waals surface area contributed by atoms with Crippen molar-refractivity contribution in [2.24, 2.45) is 0 Å². The molecule has 0 atom stereocenters. The summed E-state index contributed by atoms with van der Waals surface area (Å²) in [6, 6.07) is 11.3. The molecule has 0 aliphatic carbocycles. The first kappa shape index (κ1) is 8.20. The van der Waals surface area contributed by atoms with Gasteiger partial charge in [-0.15, -0.1) is 0 Å². The first-order valence-corrected chi connectivity index (χ1v) is 4.28. The molecule has 1 aromatic carbocycles. The van der Waals surface area contributed by atoms with Crippen LogP contribution in [0, 0.1) is 0 Å². The SMILES string of the molecule is Clc1ccccc1-c1cccnn1. The Morgan fingerprint density at radius 1 is 1.00 bits per heavy atom. The van der Waals surface area contributed by atoms with Gasteiger partial charge < -0.3 is 0 Å². The molecule has 0 amide bonds. The van der Waals surface area contributed by atoms with Gasteiger partial charge >= 0.3 is 0 Å². The number of halogens is 1. The molecule has 0 unspecified atom stereocenters. The van der Waals surface area contributed by atoms with Gasteiger partial charge in [-0.25, -0.2) is 0 Å². The summed E-state index contributed by atoms with van der Waals surface area (Å²) >= 11 is 5.99. The Morgan fingerprint density at radius 3 is 2.54 bits per heavy atom. The molecule has 0 aliphatic heterocycles. The van der Waals surface area contributed by atoms with Crippen LogP contribution in [0.1, 0.15) is 0 Å². The quantitative estimate of drug-likeness (QED) is 0.691. The summed E-state index contributed by atoms with van der Waals surface area (Å²) in [5.41, 5.74) is 1.71. The van der Waals surface area contributed by atoms with E-state index in [9.17, 15) is 0 Å². The van der Waals surface area contributed by atoms with Crippen molar-refractivity contribution in [2.45, 2.75) is 0 Å². The lowest BCUT2D eigenvalue weighted by Crippen LogP contribution is -1.85. The third-order valence-corrected chi connectivity index (χ3v) is 2.05. The van der Waals surface area contributed by atoms with Gasteiger partial charge in [-0.1, -0.05) is 29.8 Å². The predicted octanol–water partition coefficient (Wildman–Crippen LogP) is 2.80. The smallest absolute Gasteiger partial charge is 0.0944 e. The van der Waals surface area contributed by atoms with E-state index in [1.807, 2.05) is 36.4 Å². The molecular formula is C10H7ClN2. The average Bonchev–Trinajstić information content (AvgIpc) is 2.20. The van der Waals surface area contributed by atoms with E-state index < -0.39 is 0 Å². The van der Waals surface area contributed by atoms with Crippen molar-refractivity contribution in [1.82, 2.24) is 10.2 Å². The maximum atomic E-state index is 5.99. The minimum atomic E-state index is 0.697. The highest BCUT2D eigenvalue weighted by molar-refractivity contribution is 6.33. The zero-order valence-corrected chi connectivity index (χ0v) is 7.57. The Labute approximate surface area is 81.2 Å². The Bertz CT molecular complexity index is 401. The molecule has 2 aromatic rings. The van der Waals surface area contributed by atoms with Crippen molar-refractivity contribution in [1.29, 1.82) is 0 Å². The lowest BCUT2D eigenvalue weighted by molar-refractivity contribution is 1.04. The normalized spacial score (nSPS) is 9.92. The second-order valence-corrected chi connectivity index (χ2v) is 3.00. The molecular weight excluding hydrogens is 184 g/mol. The summed E-state index contributed by atoms with van der Waals surface area (Å²) in [5.74, 6) is 0. The molecule has 64 valence electrons. The van der Waals surface area contributed by atoms with Gasteiger partial charge in [0.25, 0.3) is 0 Å². The van der Waals surface area contributed by atoms with Crippen LogP contribution < -0.4 is 0 Å². The van der Waals surface area contributed by atoms with E-state index in [4.69, 9.17) is 11.6 Å². The molecule has 0 saturated heterocycles. The van der Waals surface area contributed by atoms with E-state index in [2.05, 4.69) is 10.2 Å². The van der Waals surface area contributed by atoms with Gasteiger partial charge in [-0.3, -0.25) is 0 Å². The standard InChI is InChI=1S/C10H7ClN2/c11-9-5-2-1-4-8(9)10-6-3-7-12-13-10/h1-7H. The van der Waals surface area contributed by atoms with Crippen LogP contribution in [0.2, 0.25) is 5.02 Å². The minimum absolute atomic E-state index is 0.697. The molecule has 2 rings (SSSR count). The largest absolute Gasteiger partial charge is 0.159 e. The molecule has 0 bridgehead atoms. The second kappa shape index (κ2) is 3.54. The van der Waals surface area contributed by atoms with E-state index in [-0.39, 0.29) is 0 Å². The number of rotatable bonds is 1. The van der Waals surface area contributed by atoms with Crippen LogP contribution in [0.4, 0.5) is 0 Å². The molecule has 0 radical (unpaired) electrons. The van der Waals surface area contributed by atoms with Gasteiger partial charge in [0.15, 0.2) is 0 Å². The van der Waals surface area contributed by atoms with E-state index in [1.165, 1.54) is 0 Å². The van der Waals surface area contributed by atoms with Crippen molar-refractivity contribution in [3.8, 4) is 11.3 Å². The Hall–Kier alpha value is -1.41. The number of aromatic nitrogens is 2. The summed E-state index contributed by atoms with van der Waals surface area (Å²) in [6.07, 6.45) is 1.64. The minimum Gasteiger partial charge on any atom is -0.159 e. The monoisotopic (exact) mass is 190 g/mol. The fraction of sp³-hybridized carbons (Fsp3) is 0. The number of nitrogens with zero attached hydrogens (tertiary/aromatic N) is 2. The van der Waals surface area contributed by atoms with Gasteiger partial charge in [0.05, 0.1) is 10.7 Å². The van der Waals surface area contributed by atoms with Crippen molar-refractivity contribution in [3.63, 3.8) is 0 Å². The second-order valence-electron chi connectivity index (χ2n) is 2.59. The van der Waals surface area contributed by atoms with Crippen molar-refractivity contribution in [3.05, 3.63) is 47.6 Å². The van der Waals surface area contributed by atoms with E-state index >= 15 is 0 Å². The molecule has 13 heavy (non-hydrogen) atoms. The maximum Gasteiger partial charge on any atom is 0.0944 e. The summed E-state index contributed by atoms with van der Waals surface area (Å²) in [6.45, 7) is 0. The van der Waals surface area contributed by atoms with Crippen LogP contribution in [0.5, 0.6) is 0 Å². The molecule has 1 heterocycles. The highest BCUT2D eigenvalue weighted by Gasteiger charge is 2.02. The molecule has 3 heteroatoms. The van der Waals surface area contributed by atoms with E-state index in [0.29, 0.717) is 5.02 Å². The molecule has 0 saturated carbocycles. The van der Waals surface area contributed by atoms with Gasteiger partial charge in [-0.2, -0.15) is 10.2 Å². The first-order chi connectivity index (χ1) is 6.38. The summed E-state index contributed by atoms with van der Waals surface area (Å²) in [4.78, 5) is 0. The lowest BCUT2D eigenvalue weighted by Gasteiger charge is -2.00. The van der Waals surface area contributed by atoms with Crippen LogP contribution in [0.25, 0.3) is 11.3 Å². The van der Waals surface area contributed by atoms with Gasteiger partial charge in [0.1, 0.15) is 0 Å².